The van der Waals surface area contributed by atoms with Crippen molar-refractivity contribution in [3.63, 3.8) is 0 Å². The van der Waals surface area contributed by atoms with E-state index in [0.717, 1.165) is 41.3 Å². The average molecular weight is 239 g/mol. The first-order valence-corrected chi connectivity index (χ1v) is 6.93. The molecule has 0 amide bonds. The second kappa shape index (κ2) is 6.74. The van der Waals surface area contributed by atoms with Crippen molar-refractivity contribution in [2.75, 3.05) is 17.6 Å². The molecule has 0 aliphatic rings. The second-order valence-corrected chi connectivity index (χ2v) is 5.28. The molecule has 1 N–H and O–H groups in total. The van der Waals surface area contributed by atoms with E-state index in [-0.39, 0.29) is 0 Å². The minimum Gasteiger partial charge on any atom is -0.370 e. The summed E-state index contributed by atoms with van der Waals surface area (Å²) in [5.74, 6) is 4.66. The monoisotopic (exact) mass is 239 g/mol. The first-order chi connectivity index (χ1) is 7.61. The topological polar surface area (TPSA) is 37.8 Å². The Balaban J connectivity index is 2.58. The van der Waals surface area contributed by atoms with E-state index in [1.807, 2.05) is 24.8 Å². The van der Waals surface area contributed by atoms with Crippen LogP contribution < -0.4 is 5.32 Å². The van der Waals surface area contributed by atoms with Crippen molar-refractivity contribution in [3.05, 3.63) is 17.6 Å². The van der Waals surface area contributed by atoms with Gasteiger partial charge < -0.3 is 5.32 Å². The Morgan fingerprint density at radius 1 is 1.38 bits per heavy atom. The average Bonchev–Trinajstić information content (AvgIpc) is 2.16. The van der Waals surface area contributed by atoms with Gasteiger partial charge in [-0.15, -0.1) is 0 Å². The van der Waals surface area contributed by atoms with E-state index < -0.39 is 0 Å². The van der Waals surface area contributed by atoms with Gasteiger partial charge in [0.1, 0.15) is 11.6 Å². The third kappa shape index (κ3) is 4.84. The number of aryl methyl sites for hydroxylation is 1. The van der Waals surface area contributed by atoms with Gasteiger partial charge in [0.2, 0.25) is 0 Å². The van der Waals surface area contributed by atoms with Gasteiger partial charge in [-0.1, -0.05) is 13.8 Å². The van der Waals surface area contributed by atoms with E-state index in [9.17, 15) is 0 Å². The SMILES string of the molecule is CCNc1cc(C)nc(CSCC(C)C)n1. The maximum Gasteiger partial charge on any atom is 0.140 e. The highest BCUT2D eigenvalue weighted by Crippen LogP contribution is 2.14. The largest absolute Gasteiger partial charge is 0.370 e. The zero-order valence-electron chi connectivity index (χ0n) is 10.6. The fourth-order valence-corrected chi connectivity index (χ4v) is 2.25. The van der Waals surface area contributed by atoms with Gasteiger partial charge in [-0.25, -0.2) is 9.97 Å². The molecule has 16 heavy (non-hydrogen) atoms. The minimum atomic E-state index is 0.725. The summed E-state index contributed by atoms with van der Waals surface area (Å²) in [6, 6.07) is 1.99. The van der Waals surface area contributed by atoms with Crippen LogP contribution in [0.15, 0.2) is 6.07 Å². The van der Waals surface area contributed by atoms with Gasteiger partial charge in [-0.3, -0.25) is 0 Å². The lowest BCUT2D eigenvalue weighted by atomic mass is 10.3. The molecule has 3 nitrogen and oxygen atoms in total. The zero-order valence-corrected chi connectivity index (χ0v) is 11.4. The van der Waals surface area contributed by atoms with Gasteiger partial charge >= 0.3 is 0 Å². The lowest BCUT2D eigenvalue weighted by Crippen LogP contribution is -2.04. The van der Waals surface area contributed by atoms with Crippen LogP contribution in [0, 0.1) is 12.8 Å². The summed E-state index contributed by atoms with van der Waals surface area (Å²) in [5.41, 5.74) is 1.03. The molecule has 1 heterocycles. The predicted molar refractivity (Wildman–Crippen MR) is 71.9 cm³/mol. The van der Waals surface area contributed by atoms with E-state index in [1.54, 1.807) is 0 Å². The molecular formula is C12H21N3S. The summed E-state index contributed by atoms with van der Waals surface area (Å²) in [4.78, 5) is 8.92. The first-order valence-electron chi connectivity index (χ1n) is 5.78. The van der Waals surface area contributed by atoms with Gasteiger partial charge in [-0.05, 0) is 25.5 Å². The third-order valence-corrected chi connectivity index (χ3v) is 3.31. The molecule has 0 fully saturated rings. The lowest BCUT2D eigenvalue weighted by molar-refractivity contribution is 0.749. The van der Waals surface area contributed by atoms with Crippen molar-refractivity contribution < 1.29 is 0 Å². The van der Waals surface area contributed by atoms with Crippen molar-refractivity contribution in [1.82, 2.24) is 9.97 Å². The van der Waals surface area contributed by atoms with Crippen LogP contribution in [0.1, 0.15) is 32.3 Å². The minimum absolute atomic E-state index is 0.725. The van der Waals surface area contributed by atoms with Crippen molar-refractivity contribution in [3.8, 4) is 0 Å². The number of hydrogen-bond acceptors (Lipinski definition) is 4. The van der Waals surface area contributed by atoms with Crippen LogP contribution in [0.5, 0.6) is 0 Å². The summed E-state index contributed by atoms with van der Waals surface area (Å²) in [6.07, 6.45) is 0. The summed E-state index contributed by atoms with van der Waals surface area (Å²) >= 11 is 1.90. The molecule has 0 radical (unpaired) electrons. The molecule has 1 aromatic rings. The van der Waals surface area contributed by atoms with Gasteiger partial charge in [-0.2, -0.15) is 11.8 Å². The molecule has 1 rings (SSSR count). The van der Waals surface area contributed by atoms with Gasteiger partial charge in [0.05, 0.1) is 5.75 Å². The Morgan fingerprint density at radius 3 is 2.75 bits per heavy atom. The molecule has 1 aromatic heterocycles. The third-order valence-electron chi connectivity index (χ3n) is 1.94. The Labute approximate surface area is 102 Å². The van der Waals surface area contributed by atoms with E-state index in [2.05, 4.69) is 36.1 Å². The number of nitrogens with one attached hydrogen (secondary N) is 1. The number of thioether (sulfide) groups is 1. The second-order valence-electron chi connectivity index (χ2n) is 4.25. The zero-order chi connectivity index (χ0) is 12.0. The van der Waals surface area contributed by atoms with Gasteiger partial charge in [0.25, 0.3) is 0 Å². The molecule has 0 unspecified atom stereocenters. The fraction of sp³-hybridized carbons (Fsp3) is 0.667. The van der Waals surface area contributed by atoms with E-state index in [0.29, 0.717) is 0 Å². The maximum absolute atomic E-state index is 4.48. The Hall–Kier alpha value is -0.770. The van der Waals surface area contributed by atoms with Crippen molar-refractivity contribution in [1.29, 1.82) is 0 Å². The number of rotatable bonds is 6. The summed E-state index contributed by atoms with van der Waals surface area (Å²) in [5, 5.41) is 3.23. The van der Waals surface area contributed by atoms with Crippen LogP contribution in [0.2, 0.25) is 0 Å². The highest BCUT2D eigenvalue weighted by atomic mass is 32.2. The van der Waals surface area contributed by atoms with Crippen LogP contribution in [-0.2, 0) is 5.75 Å². The Kier molecular flexibility index (Phi) is 5.60. The van der Waals surface area contributed by atoms with Crippen molar-refractivity contribution >= 4 is 17.6 Å². The van der Waals surface area contributed by atoms with Gasteiger partial charge in [0, 0.05) is 18.3 Å². The molecule has 0 saturated heterocycles. The smallest absolute Gasteiger partial charge is 0.140 e. The molecule has 0 atom stereocenters. The molecule has 0 bridgehead atoms. The standard InChI is InChI=1S/C12H21N3S/c1-5-13-11-6-10(4)14-12(15-11)8-16-7-9(2)3/h6,9H,5,7-8H2,1-4H3,(H,13,14,15). The first kappa shape index (κ1) is 13.3. The number of anilines is 1. The predicted octanol–water partition coefficient (Wildman–Crippen LogP) is 3.11. The van der Waals surface area contributed by atoms with E-state index >= 15 is 0 Å². The Morgan fingerprint density at radius 2 is 2.12 bits per heavy atom. The van der Waals surface area contributed by atoms with E-state index in [4.69, 9.17) is 0 Å². The maximum atomic E-state index is 4.48. The fourth-order valence-electron chi connectivity index (χ4n) is 1.35. The van der Waals surface area contributed by atoms with Crippen molar-refractivity contribution in [2.45, 2.75) is 33.4 Å². The van der Waals surface area contributed by atoms with Crippen LogP contribution in [0.25, 0.3) is 0 Å². The molecule has 90 valence electrons. The summed E-state index contributed by atoms with van der Waals surface area (Å²) < 4.78 is 0. The lowest BCUT2D eigenvalue weighted by Gasteiger charge is -2.07. The van der Waals surface area contributed by atoms with E-state index in [1.165, 1.54) is 0 Å². The molecular weight excluding hydrogens is 218 g/mol. The highest BCUT2D eigenvalue weighted by Gasteiger charge is 2.02. The molecule has 0 aliphatic carbocycles. The molecule has 0 spiro atoms. The Bertz CT molecular complexity index is 326. The molecule has 4 heteroatoms. The number of aromatic nitrogens is 2. The highest BCUT2D eigenvalue weighted by molar-refractivity contribution is 7.98. The molecule has 0 saturated carbocycles. The number of nitrogens with zero attached hydrogens (tertiary/aromatic N) is 2. The van der Waals surface area contributed by atoms with Crippen molar-refractivity contribution in [2.24, 2.45) is 5.92 Å². The van der Waals surface area contributed by atoms with Crippen LogP contribution in [0.4, 0.5) is 5.82 Å². The quantitative estimate of drug-likeness (QED) is 0.827. The number of hydrogen-bond donors (Lipinski definition) is 1. The van der Waals surface area contributed by atoms with Crippen LogP contribution >= 0.6 is 11.8 Å². The van der Waals surface area contributed by atoms with Gasteiger partial charge in [0.15, 0.2) is 0 Å². The van der Waals surface area contributed by atoms with Crippen LogP contribution in [0.3, 0.4) is 0 Å². The summed E-state index contributed by atoms with van der Waals surface area (Å²) in [6.45, 7) is 9.45. The molecule has 0 aliphatic heterocycles. The molecule has 0 aromatic carbocycles. The summed E-state index contributed by atoms with van der Waals surface area (Å²) in [7, 11) is 0. The van der Waals surface area contributed by atoms with Crippen LogP contribution in [-0.4, -0.2) is 22.3 Å². The normalized spacial score (nSPS) is 10.8.